The lowest BCUT2D eigenvalue weighted by Crippen LogP contribution is -2.36. The highest BCUT2D eigenvalue weighted by Crippen LogP contribution is 2.23. The van der Waals surface area contributed by atoms with Crippen molar-refractivity contribution >= 4 is 28.7 Å². The average molecular weight is 419 g/mol. The van der Waals surface area contributed by atoms with Crippen molar-refractivity contribution in [3.05, 3.63) is 53.7 Å². The summed E-state index contributed by atoms with van der Waals surface area (Å²) in [6.07, 6.45) is 9.87. The first-order chi connectivity index (χ1) is 13.6. The number of nitrogens with zero attached hydrogens (tertiary/aromatic N) is 1. The Hall–Kier alpha value is -1.86. The molecule has 1 fully saturated rings. The zero-order chi connectivity index (χ0) is 19.8. The van der Waals surface area contributed by atoms with Gasteiger partial charge in [0.05, 0.1) is 5.56 Å². The highest BCUT2D eigenvalue weighted by atomic mass is 32.2. The summed E-state index contributed by atoms with van der Waals surface area (Å²) in [5, 5.41) is 3.95. The van der Waals surface area contributed by atoms with Gasteiger partial charge in [-0.15, -0.1) is 11.8 Å². The van der Waals surface area contributed by atoms with E-state index in [1.807, 2.05) is 36.4 Å². The molecule has 0 bridgehead atoms. The summed E-state index contributed by atoms with van der Waals surface area (Å²) in [6.45, 7) is 0. The van der Waals surface area contributed by atoms with E-state index in [0.29, 0.717) is 11.3 Å². The third-order valence-electron chi connectivity index (χ3n) is 4.72. The molecule has 1 atom stereocenters. The van der Waals surface area contributed by atoms with Crippen LogP contribution in [-0.4, -0.2) is 33.2 Å². The maximum Gasteiger partial charge on any atom is 0.254 e. The first-order valence-electron chi connectivity index (χ1n) is 9.61. The number of nitrogens with one attached hydrogen (secondary N) is 1. The number of aromatic nitrogens is 1. The van der Waals surface area contributed by atoms with E-state index in [2.05, 4.69) is 10.3 Å². The van der Waals surface area contributed by atoms with Gasteiger partial charge in [-0.3, -0.25) is 4.79 Å². The number of amides is 1. The minimum absolute atomic E-state index is 0.0171. The van der Waals surface area contributed by atoms with Crippen molar-refractivity contribution in [3.8, 4) is 5.75 Å². The molecule has 1 aromatic heterocycles. The van der Waals surface area contributed by atoms with Crippen LogP contribution in [0.15, 0.2) is 47.6 Å². The molecule has 0 saturated heterocycles. The molecular formula is C21H26N2O3S2. The molecule has 7 heteroatoms. The predicted octanol–water partition coefficient (Wildman–Crippen LogP) is 4.15. The van der Waals surface area contributed by atoms with Gasteiger partial charge in [0.15, 0.2) is 0 Å². The third-order valence-corrected chi connectivity index (χ3v) is 6.16. The highest BCUT2D eigenvalue weighted by Gasteiger charge is 2.19. The molecule has 0 radical (unpaired) electrons. The van der Waals surface area contributed by atoms with E-state index in [9.17, 15) is 9.00 Å². The number of carbonyl (C=O) groups excluding carboxylic acids is 1. The highest BCUT2D eigenvalue weighted by molar-refractivity contribution is 7.99. The van der Waals surface area contributed by atoms with Crippen LogP contribution in [0.3, 0.4) is 0 Å². The van der Waals surface area contributed by atoms with Gasteiger partial charge in [0, 0.05) is 24.2 Å². The van der Waals surface area contributed by atoms with Crippen LogP contribution in [0.5, 0.6) is 5.75 Å². The number of thioether (sulfide) groups is 1. The maximum atomic E-state index is 12.7. The van der Waals surface area contributed by atoms with Crippen molar-refractivity contribution < 1.29 is 13.2 Å². The van der Waals surface area contributed by atoms with Crippen LogP contribution in [0.2, 0.25) is 0 Å². The van der Waals surface area contributed by atoms with E-state index in [0.717, 1.165) is 35.6 Å². The summed E-state index contributed by atoms with van der Waals surface area (Å²) >= 11 is 0.281. The molecule has 1 unspecified atom stereocenters. The van der Waals surface area contributed by atoms with E-state index >= 15 is 0 Å². The molecule has 150 valence electrons. The molecule has 1 aliphatic carbocycles. The molecule has 5 nitrogen and oxygen atoms in total. The summed E-state index contributed by atoms with van der Waals surface area (Å²) in [5.74, 6) is 1.40. The lowest BCUT2D eigenvalue weighted by atomic mass is 9.95. The van der Waals surface area contributed by atoms with Gasteiger partial charge in [0.1, 0.15) is 10.8 Å². The molecular weight excluding hydrogens is 392 g/mol. The Bertz CT molecular complexity index is 806. The Kier molecular flexibility index (Phi) is 7.91. The lowest BCUT2D eigenvalue weighted by Gasteiger charge is -2.23. The minimum atomic E-state index is -1.31. The number of hydrogen-bond acceptors (Lipinski definition) is 5. The maximum absolute atomic E-state index is 12.7. The Morgan fingerprint density at radius 3 is 2.68 bits per heavy atom. The standard InChI is InChI=1S/C21H26N2O3S2/c1-28(25)26-18-11-9-16(10-12-18)13-15-27-21-19(8-5-14-22-21)20(24)23-17-6-3-2-4-7-17/h5,8-12,14,17H,2-4,6-7,13,15H2,1H3,(H,23,24). The zero-order valence-corrected chi connectivity index (χ0v) is 17.7. The van der Waals surface area contributed by atoms with E-state index in [4.69, 9.17) is 4.18 Å². The SMILES string of the molecule is CS(=O)Oc1ccc(CCSc2ncccc2C(=O)NC2CCCCC2)cc1. The van der Waals surface area contributed by atoms with Gasteiger partial charge in [0.25, 0.3) is 5.91 Å². The van der Waals surface area contributed by atoms with Crippen molar-refractivity contribution in [2.24, 2.45) is 0 Å². The third kappa shape index (κ3) is 6.34. The second-order valence-corrected chi connectivity index (χ2v) is 8.94. The van der Waals surface area contributed by atoms with E-state index in [1.165, 1.54) is 25.5 Å². The summed E-state index contributed by atoms with van der Waals surface area (Å²) in [6, 6.07) is 11.5. The summed E-state index contributed by atoms with van der Waals surface area (Å²) in [5.41, 5.74) is 1.82. The monoisotopic (exact) mass is 418 g/mol. The Balaban J connectivity index is 1.54. The van der Waals surface area contributed by atoms with Crippen LogP contribution in [-0.2, 0) is 17.5 Å². The number of hydrogen-bond donors (Lipinski definition) is 1. The van der Waals surface area contributed by atoms with Crippen LogP contribution >= 0.6 is 11.8 Å². The van der Waals surface area contributed by atoms with Crippen LogP contribution in [0.25, 0.3) is 0 Å². The van der Waals surface area contributed by atoms with Gasteiger partial charge in [-0.25, -0.2) is 9.19 Å². The molecule has 2 aromatic rings. The van der Waals surface area contributed by atoms with Crippen molar-refractivity contribution in [3.63, 3.8) is 0 Å². The van der Waals surface area contributed by atoms with Gasteiger partial charge in [0.2, 0.25) is 11.1 Å². The van der Waals surface area contributed by atoms with Crippen LogP contribution in [0, 0.1) is 0 Å². The van der Waals surface area contributed by atoms with Gasteiger partial charge in [-0.1, -0.05) is 31.4 Å². The topological polar surface area (TPSA) is 68.3 Å². The van der Waals surface area contributed by atoms with Crippen LogP contribution < -0.4 is 9.50 Å². The van der Waals surface area contributed by atoms with Gasteiger partial charge >= 0.3 is 0 Å². The smallest absolute Gasteiger partial charge is 0.254 e. The molecule has 1 saturated carbocycles. The quantitative estimate of drug-likeness (QED) is 0.652. The lowest BCUT2D eigenvalue weighted by molar-refractivity contribution is 0.0924. The van der Waals surface area contributed by atoms with Crippen LogP contribution in [0.4, 0.5) is 0 Å². The molecule has 1 amide bonds. The molecule has 1 heterocycles. The molecule has 1 N–H and O–H groups in total. The Morgan fingerprint density at radius 2 is 1.96 bits per heavy atom. The molecule has 3 rings (SSSR count). The molecule has 0 spiro atoms. The average Bonchev–Trinajstić information content (AvgIpc) is 2.70. The number of carbonyl (C=O) groups is 1. The van der Waals surface area contributed by atoms with Crippen molar-refractivity contribution in [1.82, 2.24) is 10.3 Å². The summed E-state index contributed by atoms with van der Waals surface area (Å²) in [4.78, 5) is 17.1. The van der Waals surface area contributed by atoms with E-state index in [-0.39, 0.29) is 11.9 Å². The number of benzene rings is 1. The van der Waals surface area contributed by atoms with Gasteiger partial charge < -0.3 is 9.50 Å². The molecule has 0 aliphatic heterocycles. The molecule has 1 aliphatic rings. The van der Waals surface area contributed by atoms with Crippen molar-refractivity contribution in [2.45, 2.75) is 49.6 Å². The summed E-state index contributed by atoms with van der Waals surface area (Å²) < 4.78 is 16.2. The second kappa shape index (κ2) is 10.6. The minimum Gasteiger partial charge on any atom is -0.401 e. The first kappa shape index (κ1) is 20.9. The number of aryl methyl sites for hydroxylation is 1. The first-order valence-corrected chi connectivity index (χ1v) is 12.1. The van der Waals surface area contributed by atoms with Crippen molar-refractivity contribution in [2.75, 3.05) is 12.0 Å². The molecule has 28 heavy (non-hydrogen) atoms. The van der Waals surface area contributed by atoms with Gasteiger partial charge in [-0.05, 0) is 49.1 Å². The zero-order valence-electron chi connectivity index (χ0n) is 16.1. The van der Waals surface area contributed by atoms with Crippen LogP contribution in [0.1, 0.15) is 48.0 Å². The molecule has 1 aromatic carbocycles. The largest absolute Gasteiger partial charge is 0.401 e. The fourth-order valence-electron chi connectivity index (χ4n) is 3.30. The number of pyridine rings is 1. The second-order valence-electron chi connectivity index (χ2n) is 6.89. The Labute approximate surface area is 173 Å². The fraction of sp³-hybridized carbons (Fsp3) is 0.429. The number of rotatable bonds is 8. The fourth-order valence-corrected chi connectivity index (χ4v) is 4.67. The van der Waals surface area contributed by atoms with Gasteiger partial charge in [-0.2, -0.15) is 0 Å². The van der Waals surface area contributed by atoms with Crippen molar-refractivity contribution in [1.29, 1.82) is 0 Å². The van der Waals surface area contributed by atoms with E-state index in [1.54, 1.807) is 18.0 Å². The van der Waals surface area contributed by atoms with E-state index < -0.39 is 11.1 Å². The normalized spacial score (nSPS) is 15.8. The predicted molar refractivity (Wildman–Crippen MR) is 114 cm³/mol. The Morgan fingerprint density at radius 1 is 1.21 bits per heavy atom. The summed E-state index contributed by atoms with van der Waals surface area (Å²) in [7, 11) is 0.